The average Bonchev–Trinajstić information content (AvgIpc) is 0. The van der Waals surface area contributed by atoms with Crippen LogP contribution in [0.25, 0.3) is 0 Å². The van der Waals surface area contributed by atoms with Crippen LogP contribution in [0.3, 0.4) is 0 Å². The van der Waals surface area contributed by atoms with Crippen LogP contribution in [0.15, 0.2) is 0 Å². The highest BCUT2D eigenvalue weighted by Gasteiger charge is 0.0000238. The Morgan fingerprint density at radius 3 is 0.600 bits per heavy atom. The Morgan fingerprint density at radius 1 is 0.600 bits per heavy atom. The highest BCUT2D eigenvalue weighted by atomic mass is 35.5. The third-order valence-corrected chi connectivity index (χ3v) is 0. The summed E-state index contributed by atoms with van der Waals surface area (Å²) in [5, 5.41) is 0. The highest BCUT2D eigenvalue weighted by molar-refractivity contribution is 5.86. The summed E-state index contributed by atoms with van der Waals surface area (Å²) < 4.78 is 0. The van der Waals surface area contributed by atoms with Crippen molar-refractivity contribution in [2.45, 2.75) is 0 Å². The molecular formula is H6BCl3N. The molecule has 0 amide bonds. The molecule has 0 atom stereocenters. The molecule has 0 fully saturated rings. The van der Waals surface area contributed by atoms with E-state index >= 15 is 0 Å². The zero-order chi connectivity index (χ0) is 0. The van der Waals surface area contributed by atoms with Crippen molar-refractivity contribution in [1.82, 2.24) is 6.15 Å². The Bertz CT molecular complexity index is 6.85. The van der Waals surface area contributed by atoms with Crippen LogP contribution in [0.1, 0.15) is 0 Å². The second-order valence-electron chi connectivity index (χ2n) is 0. The molecule has 0 aliphatic heterocycles. The lowest BCUT2D eigenvalue weighted by molar-refractivity contribution is 2.13. The fourth-order valence-corrected chi connectivity index (χ4v) is 0. The lowest BCUT2D eigenvalue weighted by atomic mass is 10.8. The summed E-state index contributed by atoms with van der Waals surface area (Å²) in [6.45, 7) is 0. The van der Waals surface area contributed by atoms with Crippen molar-refractivity contribution in [2.75, 3.05) is 0 Å². The van der Waals surface area contributed by atoms with Crippen LogP contribution in [0.4, 0.5) is 0 Å². The van der Waals surface area contributed by atoms with Crippen LogP contribution >= 0.6 is 37.2 Å². The summed E-state index contributed by atoms with van der Waals surface area (Å²) in [6, 6.07) is 0. The first-order valence-corrected chi connectivity index (χ1v) is 0. The Hall–Kier alpha value is 0.895. The van der Waals surface area contributed by atoms with Gasteiger partial charge in [0.25, 0.3) is 0 Å². The molecule has 0 unspecified atom stereocenters. The zero-order valence-electron chi connectivity index (χ0n) is 2.51. The van der Waals surface area contributed by atoms with Crippen LogP contribution in [0, 0.1) is 0 Å². The van der Waals surface area contributed by atoms with Gasteiger partial charge in [-0.2, -0.15) is 0 Å². The predicted octanol–water partition coefficient (Wildman–Crippen LogP) is 1.05. The van der Waals surface area contributed by atoms with Gasteiger partial charge in [-0.15, -0.1) is 37.2 Å². The number of halogens is 3. The van der Waals surface area contributed by atoms with E-state index < -0.39 is 0 Å². The Kier molecular flexibility index (Phi) is 3270. The molecule has 0 heterocycles. The molecule has 0 aromatic rings. The minimum absolute atomic E-state index is 0. The lowest BCUT2D eigenvalue weighted by Crippen LogP contribution is -0.481. The molecule has 0 aromatic heterocycles. The summed E-state index contributed by atoms with van der Waals surface area (Å²) >= 11 is 0. The average molecular weight is 137 g/mol. The summed E-state index contributed by atoms with van der Waals surface area (Å²) in [5.74, 6) is 0. The number of rotatable bonds is 0. The van der Waals surface area contributed by atoms with Crippen molar-refractivity contribution < 1.29 is 0 Å². The largest absolute Gasteiger partial charge is 0.344 e. The van der Waals surface area contributed by atoms with Crippen LogP contribution in [-0.2, 0) is 0 Å². The minimum atomic E-state index is 0. The SMILES string of the molecule is Cl.Cl.Cl.N.[B]. The first-order valence-electron chi connectivity index (χ1n) is 0. The molecule has 0 saturated heterocycles. The summed E-state index contributed by atoms with van der Waals surface area (Å²) in [6.07, 6.45) is 0. The number of hydrogen-bond donors (Lipinski definition) is 1. The van der Waals surface area contributed by atoms with E-state index in [1.165, 1.54) is 0 Å². The molecule has 5 heteroatoms. The Labute approximate surface area is 52.3 Å². The fraction of sp³-hybridized carbons (Fsp3) is 0. The van der Waals surface area contributed by atoms with E-state index in [9.17, 15) is 0 Å². The van der Waals surface area contributed by atoms with Gasteiger partial charge >= 0.3 is 0 Å². The Morgan fingerprint density at radius 2 is 0.600 bits per heavy atom. The molecule has 0 bridgehead atoms. The van der Waals surface area contributed by atoms with E-state index in [1.54, 1.807) is 0 Å². The van der Waals surface area contributed by atoms with Crippen LogP contribution in [0.2, 0.25) is 0 Å². The monoisotopic (exact) mass is 136 g/mol. The maximum atomic E-state index is 0. The van der Waals surface area contributed by atoms with Gasteiger partial charge in [0.05, 0.1) is 0 Å². The van der Waals surface area contributed by atoms with Gasteiger partial charge in [-0.3, -0.25) is 0 Å². The van der Waals surface area contributed by atoms with E-state index in [-0.39, 0.29) is 51.8 Å². The van der Waals surface area contributed by atoms with E-state index in [2.05, 4.69) is 0 Å². The van der Waals surface area contributed by atoms with E-state index in [1.807, 2.05) is 0 Å². The van der Waals surface area contributed by atoms with Gasteiger partial charge in [-0.25, -0.2) is 0 Å². The maximum absolute atomic E-state index is 0. The van der Waals surface area contributed by atoms with Crippen molar-refractivity contribution >= 4 is 45.6 Å². The molecular weight excluding hydrogens is 131 g/mol. The van der Waals surface area contributed by atoms with Crippen molar-refractivity contribution in [1.29, 1.82) is 0 Å². The minimum Gasteiger partial charge on any atom is -0.344 e. The van der Waals surface area contributed by atoms with Crippen molar-refractivity contribution in [3.63, 3.8) is 0 Å². The third kappa shape index (κ3) is 51.2. The van der Waals surface area contributed by atoms with E-state index in [4.69, 9.17) is 0 Å². The molecule has 5 heavy (non-hydrogen) atoms. The molecule has 1 nitrogen and oxygen atoms in total. The highest BCUT2D eigenvalue weighted by Crippen LogP contribution is 0.692. The maximum Gasteiger partial charge on any atom is 0 e. The van der Waals surface area contributed by atoms with Gasteiger partial charge < -0.3 is 6.15 Å². The molecule has 0 aliphatic carbocycles. The molecule has 0 aromatic carbocycles. The molecule has 35 valence electrons. The summed E-state index contributed by atoms with van der Waals surface area (Å²) in [7, 11) is 0. The van der Waals surface area contributed by atoms with Gasteiger partial charge in [-0.05, 0) is 0 Å². The smallest absolute Gasteiger partial charge is 0 e. The summed E-state index contributed by atoms with van der Waals surface area (Å²) in [5.41, 5.74) is 0. The normalized spacial score (nSPS) is 0. The second kappa shape index (κ2) is 92.7. The third-order valence-electron chi connectivity index (χ3n) is 0. The fourth-order valence-electron chi connectivity index (χ4n) is 0. The van der Waals surface area contributed by atoms with Crippen LogP contribution in [-0.4, -0.2) is 8.41 Å². The van der Waals surface area contributed by atoms with Gasteiger partial charge in [0, 0.05) is 8.41 Å². The van der Waals surface area contributed by atoms with E-state index in [0.29, 0.717) is 0 Å². The molecule has 0 spiro atoms. The molecule has 0 rings (SSSR count). The predicted molar refractivity (Wildman–Crippen MR) is 32.5 cm³/mol. The van der Waals surface area contributed by atoms with Crippen molar-refractivity contribution in [3.05, 3.63) is 0 Å². The van der Waals surface area contributed by atoms with Gasteiger partial charge in [0.15, 0.2) is 0 Å². The first-order chi connectivity index (χ1) is 0. The van der Waals surface area contributed by atoms with Crippen LogP contribution in [0.5, 0.6) is 0 Å². The van der Waals surface area contributed by atoms with Gasteiger partial charge in [0.2, 0.25) is 0 Å². The molecule has 0 aliphatic rings. The quantitative estimate of drug-likeness (QED) is 0.497. The molecule has 3 radical (unpaired) electrons. The van der Waals surface area contributed by atoms with Gasteiger partial charge in [0.1, 0.15) is 0 Å². The van der Waals surface area contributed by atoms with Crippen LogP contribution < -0.4 is 6.15 Å². The van der Waals surface area contributed by atoms with Crippen molar-refractivity contribution in [2.24, 2.45) is 0 Å². The Balaban J connectivity index is 0. The number of hydrogen-bond acceptors (Lipinski definition) is 1. The van der Waals surface area contributed by atoms with E-state index in [0.717, 1.165) is 0 Å². The topological polar surface area (TPSA) is 35.0 Å². The molecule has 3 N–H and O–H groups in total. The molecule has 0 saturated carbocycles. The standard InChI is InChI=1S/B.3ClH.H3N/h;3*1H;1H3. The first kappa shape index (κ1) is 176. The summed E-state index contributed by atoms with van der Waals surface area (Å²) in [4.78, 5) is 0. The van der Waals surface area contributed by atoms with Crippen molar-refractivity contribution in [3.8, 4) is 0 Å². The van der Waals surface area contributed by atoms with Gasteiger partial charge in [-0.1, -0.05) is 0 Å². The lowest BCUT2D eigenvalue weighted by Gasteiger charge is -0.344. The second-order valence-corrected chi connectivity index (χ2v) is 0. The zero-order valence-corrected chi connectivity index (χ0v) is 4.96.